The minimum Gasteiger partial charge on any atom is -0.490 e. The second-order valence-electron chi connectivity index (χ2n) is 7.83. The highest BCUT2D eigenvalue weighted by Gasteiger charge is 2.28. The molecular formula is C22H24F3N3O2. The van der Waals surface area contributed by atoms with Crippen LogP contribution >= 0.6 is 0 Å². The number of piperidine rings is 1. The number of rotatable bonds is 5. The van der Waals surface area contributed by atoms with Gasteiger partial charge in [0.2, 0.25) is 0 Å². The SMILES string of the molecule is Cn1ccc(CN2CCC(Oc3cccc4c3ccn4CC(F)(F)F)CC2)cc1=O. The van der Waals surface area contributed by atoms with Crippen LogP contribution in [-0.4, -0.2) is 39.4 Å². The summed E-state index contributed by atoms with van der Waals surface area (Å²) in [5, 5.41) is 0.698. The Morgan fingerprint density at radius 3 is 2.57 bits per heavy atom. The molecule has 0 N–H and O–H groups in total. The first-order valence-electron chi connectivity index (χ1n) is 9.98. The molecule has 1 aromatic carbocycles. The zero-order valence-corrected chi connectivity index (χ0v) is 16.7. The third-order valence-corrected chi connectivity index (χ3v) is 5.53. The highest BCUT2D eigenvalue weighted by Crippen LogP contribution is 2.31. The summed E-state index contributed by atoms with van der Waals surface area (Å²) < 4.78 is 47.3. The average molecular weight is 419 g/mol. The molecule has 3 aromatic rings. The molecule has 2 aromatic heterocycles. The van der Waals surface area contributed by atoms with Gasteiger partial charge in [-0.15, -0.1) is 0 Å². The molecule has 1 aliphatic heterocycles. The quantitative estimate of drug-likeness (QED) is 0.629. The van der Waals surface area contributed by atoms with E-state index in [4.69, 9.17) is 4.74 Å². The smallest absolute Gasteiger partial charge is 0.406 e. The minimum atomic E-state index is -4.27. The van der Waals surface area contributed by atoms with Gasteiger partial charge in [0.15, 0.2) is 0 Å². The Kier molecular flexibility index (Phi) is 5.60. The summed E-state index contributed by atoms with van der Waals surface area (Å²) in [6, 6.07) is 10.5. The summed E-state index contributed by atoms with van der Waals surface area (Å²) in [6.07, 6.45) is 0.631. The van der Waals surface area contributed by atoms with Crippen LogP contribution < -0.4 is 10.3 Å². The van der Waals surface area contributed by atoms with Crippen molar-refractivity contribution >= 4 is 10.9 Å². The van der Waals surface area contributed by atoms with E-state index in [0.717, 1.165) is 38.0 Å². The lowest BCUT2D eigenvalue weighted by Crippen LogP contribution is -2.38. The van der Waals surface area contributed by atoms with Crippen LogP contribution in [0.5, 0.6) is 5.75 Å². The van der Waals surface area contributed by atoms with Crippen molar-refractivity contribution in [3.63, 3.8) is 0 Å². The fourth-order valence-corrected chi connectivity index (χ4v) is 3.94. The van der Waals surface area contributed by atoms with Gasteiger partial charge in [0.25, 0.3) is 5.56 Å². The molecule has 0 spiro atoms. The Bertz CT molecular complexity index is 1080. The lowest BCUT2D eigenvalue weighted by atomic mass is 10.1. The Balaban J connectivity index is 1.38. The molecule has 0 amide bonds. The summed E-state index contributed by atoms with van der Waals surface area (Å²) in [7, 11) is 1.73. The normalized spacial score (nSPS) is 16.3. The fourth-order valence-electron chi connectivity index (χ4n) is 3.94. The Morgan fingerprint density at radius 1 is 1.10 bits per heavy atom. The largest absolute Gasteiger partial charge is 0.490 e. The van der Waals surface area contributed by atoms with Gasteiger partial charge < -0.3 is 13.9 Å². The molecular weight excluding hydrogens is 395 g/mol. The summed E-state index contributed by atoms with van der Waals surface area (Å²) >= 11 is 0. The molecule has 30 heavy (non-hydrogen) atoms. The maximum absolute atomic E-state index is 12.8. The maximum Gasteiger partial charge on any atom is 0.406 e. The number of likely N-dealkylation sites (tertiary alicyclic amines) is 1. The number of pyridine rings is 1. The summed E-state index contributed by atoms with van der Waals surface area (Å²) in [6.45, 7) is 1.38. The number of nitrogens with zero attached hydrogens (tertiary/aromatic N) is 3. The van der Waals surface area contributed by atoms with E-state index in [2.05, 4.69) is 4.90 Å². The monoisotopic (exact) mass is 419 g/mol. The molecule has 8 heteroatoms. The van der Waals surface area contributed by atoms with E-state index in [1.165, 1.54) is 10.8 Å². The van der Waals surface area contributed by atoms with Crippen LogP contribution in [0.2, 0.25) is 0 Å². The number of aromatic nitrogens is 2. The molecule has 0 aliphatic carbocycles. The highest BCUT2D eigenvalue weighted by molar-refractivity contribution is 5.86. The molecule has 0 bridgehead atoms. The number of halogens is 3. The summed E-state index contributed by atoms with van der Waals surface area (Å²) in [5.74, 6) is 0.624. The number of benzene rings is 1. The molecule has 1 saturated heterocycles. The number of hydrogen-bond acceptors (Lipinski definition) is 3. The van der Waals surface area contributed by atoms with Gasteiger partial charge in [-0.2, -0.15) is 13.2 Å². The Hall–Kier alpha value is -2.74. The van der Waals surface area contributed by atoms with Gasteiger partial charge in [-0.1, -0.05) is 6.07 Å². The van der Waals surface area contributed by atoms with Gasteiger partial charge >= 0.3 is 6.18 Å². The third kappa shape index (κ3) is 4.70. The van der Waals surface area contributed by atoms with E-state index >= 15 is 0 Å². The molecule has 3 heterocycles. The van der Waals surface area contributed by atoms with Crippen LogP contribution in [0.1, 0.15) is 18.4 Å². The lowest BCUT2D eigenvalue weighted by molar-refractivity contribution is -0.139. The van der Waals surface area contributed by atoms with E-state index < -0.39 is 12.7 Å². The van der Waals surface area contributed by atoms with E-state index in [1.807, 2.05) is 12.1 Å². The third-order valence-electron chi connectivity index (χ3n) is 5.53. The molecule has 0 saturated carbocycles. The maximum atomic E-state index is 12.8. The van der Waals surface area contributed by atoms with E-state index in [9.17, 15) is 18.0 Å². The first kappa shape index (κ1) is 20.5. The molecule has 4 rings (SSSR count). The van der Waals surface area contributed by atoms with Crippen LogP contribution in [0.3, 0.4) is 0 Å². The molecule has 160 valence electrons. The van der Waals surface area contributed by atoms with Gasteiger partial charge in [0.1, 0.15) is 18.4 Å². The van der Waals surface area contributed by atoms with Crippen molar-refractivity contribution in [2.24, 2.45) is 7.05 Å². The Morgan fingerprint density at radius 2 is 1.87 bits per heavy atom. The van der Waals surface area contributed by atoms with Gasteiger partial charge in [-0.05, 0) is 42.7 Å². The van der Waals surface area contributed by atoms with Crippen molar-refractivity contribution in [1.82, 2.24) is 14.0 Å². The van der Waals surface area contributed by atoms with E-state index in [1.54, 1.807) is 42.1 Å². The molecule has 0 unspecified atom stereocenters. The van der Waals surface area contributed by atoms with E-state index in [0.29, 0.717) is 16.7 Å². The van der Waals surface area contributed by atoms with Crippen molar-refractivity contribution in [3.05, 3.63) is 64.7 Å². The number of hydrogen-bond donors (Lipinski definition) is 0. The predicted octanol–water partition coefficient (Wildman–Crippen LogP) is 3.95. The number of aryl methyl sites for hydroxylation is 1. The molecule has 0 atom stereocenters. The molecule has 5 nitrogen and oxygen atoms in total. The topological polar surface area (TPSA) is 39.4 Å². The van der Waals surface area contributed by atoms with Crippen molar-refractivity contribution in [2.75, 3.05) is 13.1 Å². The molecule has 1 aliphatic rings. The van der Waals surface area contributed by atoms with Crippen LogP contribution in [0.25, 0.3) is 10.9 Å². The van der Waals surface area contributed by atoms with Crippen LogP contribution in [0.4, 0.5) is 13.2 Å². The van der Waals surface area contributed by atoms with Crippen LogP contribution in [-0.2, 0) is 20.1 Å². The van der Waals surface area contributed by atoms with Gasteiger partial charge in [0, 0.05) is 50.5 Å². The Labute approximate surface area is 172 Å². The van der Waals surface area contributed by atoms with Crippen molar-refractivity contribution in [2.45, 2.75) is 38.2 Å². The standard InChI is InChI=1S/C22H24F3N3O2/c1-26-9-5-16(13-21(26)29)14-27-10-6-17(7-11-27)30-20-4-2-3-19-18(20)8-12-28(19)15-22(23,24)25/h2-5,8-9,12-13,17H,6-7,10-11,14-15H2,1H3. The first-order chi connectivity index (χ1) is 14.3. The van der Waals surface area contributed by atoms with Crippen LogP contribution in [0, 0.1) is 0 Å². The van der Waals surface area contributed by atoms with Crippen LogP contribution in [0.15, 0.2) is 53.6 Å². The summed E-state index contributed by atoms with van der Waals surface area (Å²) in [5.41, 5.74) is 1.50. The first-order valence-corrected chi connectivity index (χ1v) is 9.98. The van der Waals surface area contributed by atoms with Gasteiger partial charge in [0.05, 0.1) is 5.52 Å². The predicted molar refractivity (Wildman–Crippen MR) is 109 cm³/mol. The van der Waals surface area contributed by atoms with E-state index in [-0.39, 0.29) is 11.7 Å². The van der Waals surface area contributed by atoms with Gasteiger partial charge in [-0.3, -0.25) is 9.69 Å². The molecule has 0 radical (unpaired) electrons. The zero-order valence-electron chi connectivity index (χ0n) is 16.7. The second kappa shape index (κ2) is 8.18. The van der Waals surface area contributed by atoms with Crippen molar-refractivity contribution < 1.29 is 17.9 Å². The van der Waals surface area contributed by atoms with Crippen molar-refractivity contribution in [1.29, 1.82) is 0 Å². The summed E-state index contributed by atoms with van der Waals surface area (Å²) in [4.78, 5) is 14.1. The van der Waals surface area contributed by atoms with Gasteiger partial charge in [-0.25, -0.2) is 0 Å². The number of ether oxygens (including phenoxy) is 1. The fraction of sp³-hybridized carbons (Fsp3) is 0.409. The lowest BCUT2D eigenvalue weighted by Gasteiger charge is -2.32. The minimum absolute atomic E-state index is 0.0152. The highest BCUT2D eigenvalue weighted by atomic mass is 19.4. The zero-order chi connectivity index (χ0) is 21.3. The molecule has 1 fully saturated rings. The second-order valence-corrected chi connectivity index (χ2v) is 7.83. The van der Waals surface area contributed by atoms with Crippen molar-refractivity contribution in [3.8, 4) is 5.75 Å². The average Bonchev–Trinajstić information content (AvgIpc) is 3.09. The number of alkyl halides is 3. The number of fused-ring (bicyclic) bond motifs is 1.